The number of rotatable bonds is 10. The van der Waals surface area contributed by atoms with Crippen LogP contribution in [0.15, 0.2) is 72.8 Å². The maximum Gasteiger partial charge on any atom is 0.241 e. The van der Waals surface area contributed by atoms with Gasteiger partial charge < -0.3 is 14.8 Å². The van der Waals surface area contributed by atoms with E-state index < -0.39 is 15.9 Å². The summed E-state index contributed by atoms with van der Waals surface area (Å²) in [5.74, 6) is 0.233. The molecule has 174 valence electrons. The molecule has 3 aromatic rings. The number of amides is 1. The van der Waals surface area contributed by atoms with Gasteiger partial charge in [-0.25, -0.2) is 12.8 Å². The van der Waals surface area contributed by atoms with E-state index >= 15 is 0 Å². The lowest BCUT2D eigenvalue weighted by Gasteiger charge is -2.23. The number of benzene rings is 3. The van der Waals surface area contributed by atoms with Crippen molar-refractivity contribution in [3.05, 3.63) is 89.7 Å². The average molecular weight is 473 g/mol. The van der Waals surface area contributed by atoms with Crippen molar-refractivity contribution in [3.8, 4) is 11.5 Å². The first kappa shape index (κ1) is 24.1. The van der Waals surface area contributed by atoms with E-state index in [0.29, 0.717) is 23.8 Å². The largest absolute Gasteiger partial charge is 0.495 e. The first-order chi connectivity index (χ1) is 15.8. The lowest BCUT2D eigenvalue weighted by molar-refractivity contribution is -0.119. The molecule has 0 radical (unpaired) electrons. The summed E-state index contributed by atoms with van der Waals surface area (Å²) in [4.78, 5) is 12.5. The summed E-state index contributed by atoms with van der Waals surface area (Å²) in [6.45, 7) is 0.152. The molecule has 3 aromatic carbocycles. The maximum atomic E-state index is 13.0. The van der Waals surface area contributed by atoms with Crippen molar-refractivity contribution in [3.63, 3.8) is 0 Å². The number of ether oxygens (including phenoxy) is 2. The fraction of sp³-hybridized carbons (Fsp3) is 0.208. The number of sulfonamides is 1. The molecule has 0 aromatic heterocycles. The van der Waals surface area contributed by atoms with Crippen LogP contribution in [0.3, 0.4) is 0 Å². The van der Waals surface area contributed by atoms with Gasteiger partial charge in [0.2, 0.25) is 15.9 Å². The molecule has 7 nitrogen and oxygen atoms in total. The van der Waals surface area contributed by atoms with Gasteiger partial charge in [0.25, 0.3) is 0 Å². The minimum absolute atomic E-state index is 0.223. The minimum atomic E-state index is -3.71. The molecule has 0 aliphatic heterocycles. The van der Waals surface area contributed by atoms with Crippen molar-refractivity contribution in [1.29, 1.82) is 0 Å². The average Bonchev–Trinajstić information content (AvgIpc) is 2.81. The van der Waals surface area contributed by atoms with E-state index in [1.54, 1.807) is 60.7 Å². The molecule has 0 heterocycles. The van der Waals surface area contributed by atoms with E-state index in [1.807, 2.05) is 0 Å². The quantitative estimate of drug-likeness (QED) is 0.488. The predicted molar refractivity (Wildman–Crippen MR) is 124 cm³/mol. The third kappa shape index (κ3) is 6.95. The van der Waals surface area contributed by atoms with Gasteiger partial charge in [-0.15, -0.1) is 0 Å². The maximum absolute atomic E-state index is 13.0. The Balaban J connectivity index is 1.56. The van der Waals surface area contributed by atoms with Crippen molar-refractivity contribution >= 4 is 21.6 Å². The van der Waals surface area contributed by atoms with Gasteiger partial charge in [0.1, 0.15) is 30.5 Å². The van der Waals surface area contributed by atoms with Crippen LogP contribution in [0.5, 0.6) is 11.5 Å². The highest BCUT2D eigenvalue weighted by Gasteiger charge is 2.23. The molecule has 0 aliphatic carbocycles. The summed E-state index contributed by atoms with van der Waals surface area (Å²) >= 11 is 0. The molecule has 0 fully saturated rings. The lowest BCUT2D eigenvalue weighted by Crippen LogP contribution is -2.40. The number of carbonyl (C=O) groups excluding carboxylic acids is 1. The van der Waals surface area contributed by atoms with Gasteiger partial charge in [0.15, 0.2) is 0 Å². The summed E-state index contributed by atoms with van der Waals surface area (Å²) in [5, 5.41) is 2.73. The first-order valence-electron chi connectivity index (χ1n) is 10.1. The standard InChI is InChI=1S/C24H25FN2O5S/c1-31-23-6-4-3-5-22(23)27(33(2,29)30)16-24(28)26-15-18-9-13-21(14-10-18)32-17-19-7-11-20(25)12-8-19/h3-14H,15-17H2,1-2H3,(H,26,28). The Morgan fingerprint density at radius 3 is 2.24 bits per heavy atom. The van der Waals surface area contributed by atoms with Crippen molar-refractivity contribution in [2.75, 3.05) is 24.2 Å². The minimum Gasteiger partial charge on any atom is -0.495 e. The van der Waals surface area contributed by atoms with Gasteiger partial charge in [-0.2, -0.15) is 0 Å². The predicted octanol–water partition coefficient (Wildman–Crippen LogP) is 3.50. The fourth-order valence-electron chi connectivity index (χ4n) is 3.05. The van der Waals surface area contributed by atoms with Gasteiger partial charge in [0.05, 0.1) is 19.1 Å². The van der Waals surface area contributed by atoms with Crippen LogP contribution in [0.2, 0.25) is 0 Å². The Morgan fingerprint density at radius 2 is 1.61 bits per heavy atom. The molecule has 1 N–H and O–H groups in total. The molecule has 0 atom stereocenters. The van der Waals surface area contributed by atoms with Crippen molar-refractivity contribution in [2.24, 2.45) is 0 Å². The molecule has 0 saturated carbocycles. The highest BCUT2D eigenvalue weighted by Crippen LogP contribution is 2.29. The van der Waals surface area contributed by atoms with Crippen molar-refractivity contribution in [1.82, 2.24) is 5.32 Å². The van der Waals surface area contributed by atoms with E-state index in [0.717, 1.165) is 21.7 Å². The van der Waals surface area contributed by atoms with Crippen LogP contribution in [0.25, 0.3) is 0 Å². The Labute approximate surface area is 192 Å². The molecule has 33 heavy (non-hydrogen) atoms. The normalized spacial score (nSPS) is 11.0. The van der Waals surface area contributed by atoms with Crippen LogP contribution >= 0.6 is 0 Å². The fourth-order valence-corrected chi connectivity index (χ4v) is 3.91. The summed E-state index contributed by atoms with van der Waals surface area (Å²) in [7, 11) is -2.27. The Hall–Kier alpha value is -3.59. The monoisotopic (exact) mass is 472 g/mol. The Bertz CT molecular complexity index is 1180. The first-order valence-corrected chi connectivity index (χ1v) is 11.9. The number of nitrogens with one attached hydrogen (secondary N) is 1. The van der Waals surface area contributed by atoms with Gasteiger partial charge >= 0.3 is 0 Å². The zero-order valence-electron chi connectivity index (χ0n) is 18.3. The number of methoxy groups -OCH3 is 1. The van der Waals surface area contributed by atoms with Crippen LogP contribution in [0, 0.1) is 5.82 Å². The molecule has 0 saturated heterocycles. The smallest absolute Gasteiger partial charge is 0.241 e. The number of para-hydroxylation sites is 2. The van der Waals surface area contributed by atoms with Crippen LogP contribution in [-0.4, -0.2) is 34.2 Å². The SMILES string of the molecule is COc1ccccc1N(CC(=O)NCc1ccc(OCc2ccc(F)cc2)cc1)S(C)(=O)=O. The molecule has 0 bridgehead atoms. The molecular formula is C24H25FN2O5S. The molecule has 9 heteroatoms. The van der Waals surface area contributed by atoms with Crippen molar-refractivity contribution < 1.29 is 27.1 Å². The topological polar surface area (TPSA) is 84.9 Å². The lowest BCUT2D eigenvalue weighted by atomic mass is 10.2. The second kappa shape index (κ2) is 10.8. The van der Waals surface area contributed by atoms with Crippen LogP contribution in [0.1, 0.15) is 11.1 Å². The van der Waals surface area contributed by atoms with E-state index in [1.165, 1.54) is 19.2 Å². The van der Waals surface area contributed by atoms with Crippen LogP contribution in [0.4, 0.5) is 10.1 Å². The van der Waals surface area contributed by atoms with Crippen LogP contribution < -0.4 is 19.1 Å². The number of anilines is 1. The summed E-state index contributed by atoms with van der Waals surface area (Å²) < 4.78 is 49.5. The molecule has 1 amide bonds. The number of nitrogens with zero attached hydrogens (tertiary/aromatic N) is 1. The molecule has 0 unspecified atom stereocenters. The number of hydrogen-bond donors (Lipinski definition) is 1. The number of halogens is 1. The van der Waals surface area contributed by atoms with Crippen molar-refractivity contribution in [2.45, 2.75) is 13.2 Å². The summed E-state index contributed by atoms with van der Waals surface area (Å²) in [6, 6.07) is 19.8. The van der Waals surface area contributed by atoms with E-state index in [9.17, 15) is 17.6 Å². The van der Waals surface area contributed by atoms with Gasteiger partial charge in [-0.05, 0) is 47.5 Å². The molecular weight excluding hydrogens is 447 g/mol. The Kier molecular flexibility index (Phi) is 7.89. The second-order valence-electron chi connectivity index (χ2n) is 7.28. The highest BCUT2D eigenvalue weighted by atomic mass is 32.2. The van der Waals surface area contributed by atoms with E-state index in [4.69, 9.17) is 9.47 Å². The number of carbonyl (C=O) groups is 1. The van der Waals surface area contributed by atoms with Gasteiger partial charge in [-0.3, -0.25) is 9.10 Å². The molecule has 0 aliphatic rings. The summed E-state index contributed by atoms with van der Waals surface area (Å²) in [5.41, 5.74) is 1.96. The highest BCUT2D eigenvalue weighted by molar-refractivity contribution is 7.92. The van der Waals surface area contributed by atoms with Gasteiger partial charge in [0, 0.05) is 6.54 Å². The zero-order chi connectivity index (χ0) is 23.8. The molecule has 0 spiro atoms. The van der Waals surface area contributed by atoms with E-state index in [2.05, 4.69) is 5.32 Å². The second-order valence-corrected chi connectivity index (χ2v) is 9.18. The summed E-state index contributed by atoms with van der Waals surface area (Å²) in [6.07, 6.45) is 1.04. The zero-order valence-corrected chi connectivity index (χ0v) is 19.1. The van der Waals surface area contributed by atoms with Crippen LogP contribution in [-0.2, 0) is 28.0 Å². The third-order valence-electron chi connectivity index (χ3n) is 4.77. The Morgan fingerprint density at radius 1 is 0.970 bits per heavy atom. The van der Waals surface area contributed by atoms with Gasteiger partial charge in [-0.1, -0.05) is 36.4 Å². The van der Waals surface area contributed by atoms with E-state index in [-0.39, 0.29) is 18.9 Å². The number of hydrogen-bond acceptors (Lipinski definition) is 5. The molecule has 3 rings (SSSR count). The third-order valence-corrected chi connectivity index (χ3v) is 5.90.